The molecule has 0 unspecified atom stereocenters. The number of hydrogen-bond donors (Lipinski definition) is 2. The number of rotatable bonds is 6. The smallest absolute Gasteiger partial charge is 0.191 e. The molecule has 0 saturated carbocycles. The van der Waals surface area contributed by atoms with Gasteiger partial charge in [-0.25, -0.2) is 0 Å². The van der Waals surface area contributed by atoms with Crippen molar-refractivity contribution in [2.24, 2.45) is 4.99 Å². The van der Waals surface area contributed by atoms with Crippen LogP contribution in [-0.4, -0.2) is 39.9 Å². The van der Waals surface area contributed by atoms with E-state index in [1.807, 2.05) is 0 Å². The number of aliphatic imine (C=N–C) groups is 1. The van der Waals surface area contributed by atoms with Gasteiger partial charge in [-0.3, -0.25) is 4.99 Å². The third-order valence-electron chi connectivity index (χ3n) is 5.54. The van der Waals surface area contributed by atoms with Crippen LogP contribution in [0.5, 0.6) is 5.75 Å². The lowest BCUT2D eigenvalue weighted by molar-refractivity contribution is 0.0514. The molecule has 0 aliphatic carbocycles. The second-order valence-corrected chi connectivity index (χ2v) is 7.35. The highest BCUT2D eigenvalue weighted by molar-refractivity contribution is 5.79. The molecule has 0 atom stereocenters. The molecule has 1 aliphatic heterocycles. The minimum Gasteiger partial charge on any atom is -0.496 e. The monoisotopic (exact) mass is 381 g/mol. The Bertz CT molecular complexity index is 784. The van der Waals surface area contributed by atoms with Crippen molar-refractivity contribution < 1.29 is 9.47 Å². The van der Waals surface area contributed by atoms with E-state index in [0.717, 1.165) is 49.9 Å². The highest BCUT2D eigenvalue weighted by atomic mass is 16.5. The van der Waals surface area contributed by atoms with E-state index in [1.54, 1.807) is 14.2 Å². The van der Waals surface area contributed by atoms with E-state index < -0.39 is 0 Å². The first-order valence-corrected chi connectivity index (χ1v) is 9.88. The van der Waals surface area contributed by atoms with Gasteiger partial charge in [-0.05, 0) is 37.0 Å². The number of benzene rings is 2. The number of aryl methyl sites for hydroxylation is 1. The van der Waals surface area contributed by atoms with E-state index in [1.165, 1.54) is 11.1 Å². The Morgan fingerprint density at radius 1 is 1.11 bits per heavy atom. The Labute approximate surface area is 168 Å². The number of hydrogen-bond acceptors (Lipinski definition) is 3. The molecule has 5 heteroatoms. The van der Waals surface area contributed by atoms with Crippen molar-refractivity contribution in [2.75, 3.05) is 33.9 Å². The molecule has 0 aromatic heterocycles. The van der Waals surface area contributed by atoms with Crippen LogP contribution >= 0.6 is 0 Å². The summed E-state index contributed by atoms with van der Waals surface area (Å²) in [6.07, 6.45) is 2.01. The SMILES string of the molecule is CN=C(NCc1ccc(C)cc1OC)NCC1(c2ccccc2)CCOCC1. The Hall–Kier alpha value is -2.53. The predicted octanol–water partition coefficient (Wildman–Crippen LogP) is 3.42. The third-order valence-corrected chi connectivity index (χ3v) is 5.54. The minimum absolute atomic E-state index is 0.0681. The topological polar surface area (TPSA) is 54.9 Å². The molecule has 0 bridgehead atoms. The second kappa shape index (κ2) is 9.60. The fraction of sp³-hybridized carbons (Fsp3) is 0.435. The van der Waals surface area contributed by atoms with Gasteiger partial charge in [0.1, 0.15) is 5.75 Å². The zero-order valence-corrected chi connectivity index (χ0v) is 17.1. The maximum Gasteiger partial charge on any atom is 0.191 e. The minimum atomic E-state index is 0.0681. The van der Waals surface area contributed by atoms with Gasteiger partial charge in [-0.2, -0.15) is 0 Å². The number of nitrogens with zero attached hydrogens (tertiary/aromatic N) is 1. The van der Waals surface area contributed by atoms with E-state index in [-0.39, 0.29) is 5.41 Å². The summed E-state index contributed by atoms with van der Waals surface area (Å²) in [5.41, 5.74) is 3.73. The summed E-state index contributed by atoms with van der Waals surface area (Å²) in [6.45, 7) is 5.14. The average Bonchev–Trinajstić information content (AvgIpc) is 2.75. The first kappa shape index (κ1) is 20.2. The van der Waals surface area contributed by atoms with Gasteiger partial charge in [0.25, 0.3) is 0 Å². The van der Waals surface area contributed by atoms with Crippen LogP contribution in [0.4, 0.5) is 0 Å². The van der Waals surface area contributed by atoms with Gasteiger partial charge in [0.2, 0.25) is 0 Å². The van der Waals surface area contributed by atoms with Gasteiger partial charge in [0, 0.05) is 44.3 Å². The normalized spacial score (nSPS) is 16.5. The molecule has 5 nitrogen and oxygen atoms in total. The lowest BCUT2D eigenvalue weighted by atomic mass is 9.74. The molecule has 0 spiro atoms. The Balaban J connectivity index is 1.65. The van der Waals surface area contributed by atoms with Crippen molar-refractivity contribution in [1.29, 1.82) is 0 Å². The molecule has 28 heavy (non-hydrogen) atoms. The summed E-state index contributed by atoms with van der Waals surface area (Å²) in [6, 6.07) is 17.0. The van der Waals surface area contributed by atoms with Crippen molar-refractivity contribution in [3.63, 3.8) is 0 Å². The number of nitrogens with one attached hydrogen (secondary N) is 2. The molecule has 1 heterocycles. The number of ether oxygens (including phenoxy) is 2. The maximum absolute atomic E-state index is 5.63. The summed E-state index contributed by atoms with van der Waals surface area (Å²) in [4.78, 5) is 4.41. The van der Waals surface area contributed by atoms with E-state index in [9.17, 15) is 0 Å². The molecule has 0 radical (unpaired) electrons. The van der Waals surface area contributed by atoms with Gasteiger partial charge in [-0.1, -0.05) is 42.5 Å². The Kier molecular flexibility index (Phi) is 6.93. The van der Waals surface area contributed by atoms with Gasteiger partial charge in [0.15, 0.2) is 5.96 Å². The van der Waals surface area contributed by atoms with E-state index in [2.05, 4.69) is 71.1 Å². The summed E-state index contributed by atoms with van der Waals surface area (Å²) in [5, 5.41) is 6.96. The van der Waals surface area contributed by atoms with Crippen molar-refractivity contribution >= 4 is 5.96 Å². The highest BCUT2D eigenvalue weighted by Gasteiger charge is 2.34. The first-order valence-electron chi connectivity index (χ1n) is 9.88. The standard InChI is InChI=1S/C23H31N3O2/c1-18-9-10-19(21(15-18)27-3)16-25-22(24-2)26-17-23(11-13-28-14-12-23)20-7-5-4-6-8-20/h4-10,15H,11-14,16-17H2,1-3H3,(H2,24,25,26). The highest BCUT2D eigenvalue weighted by Crippen LogP contribution is 2.34. The molecule has 2 aromatic rings. The molecular formula is C23H31N3O2. The summed E-state index contributed by atoms with van der Waals surface area (Å²) in [7, 11) is 3.51. The molecule has 0 amide bonds. The summed E-state index contributed by atoms with van der Waals surface area (Å²) >= 11 is 0. The van der Waals surface area contributed by atoms with Crippen molar-refractivity contribution in [3.05, 3.63) is 65.2 Å². The lowest BCUT2D eigenvalue weighted by Gasteiger charge is -2.38. The van der Waals surface area contributed by atoms with Crippen LogP contribution in [0, 0.1) is 6.92 Å². The van der Waals surface area contributed by atoms with Crippen molar-refractivity contribution in [1.82, 2.24) is 10.6 Å². The van der Waals surface area contributed by atoms with E-state index >= 15 is 0 Å². The Morgan fingerprint density at radius 3 is 2.54 bits per heavy atom. The van der Waals surface area contributed by atoms with Gasteiger partial charge in [0.05, 0.1) is 7.11 Å². The average molecular weight is 382 g/mol. The van der Waals surface area contributed by atoms with Crippen LogP contribution in [0.3, 0.4) is 0 Å². The largest absolute Gasteiger partial charge is 0.496 e. The zero-order chi connectivity index (χ0) is 19.8. The first-order chi connectivity index (χ1) is 13.7. The van der Waals surface area contributed by atoms with Crippen molar-refractivity contribution in [2.45, 2.75) is 31.7 Å². The van der Waals surface area contributed by atoms with E-state index in [0.29, 0.717) is 6.54 Å². The van der Waals surface area contributed by atoms with Gasteiger partial charge in [-0.15, -0.1) is 0 Å². The van der Waals surface area contributed by atoms with Gasteiger partial charge < -0.3 is 20.1 Å². The number of guanidine groups is 1. The fourth-order valence-corrected chi connectivity index (χ4v) is 3.77. The molecule has 1 saturated heterocycles. The number of methoxy groups -OCH3 is 1. The van der Waals surface area contributed by atoms with Crippen LogP contribution < -0.4 is 15.4 Å². The molecule has 2 N–H and O–H groups in total. The van der Waals surface area contributed by atoms with Crippen molar-refractivity contribution in [3.8, 4) is 5.75 Å². The predicted molar refractivity (Wildman–Crippen MR) is 114 cm³/mol. The fourth-order valence-electron chi connectivity index (χ4n) is 3.77. The quantitative estimate of drug-likeness (QED) is 0.595. The molecule has 3 rings (SSSR count). The molecule has 1 fully saturated rings. The Morgan fingerprint density at radius 2 is 1.86 bits per heavy atom. The third kappa shape index (κ3) is 4.84. The molecule has 1 aliphatic rings. The molecular weight excluding hydrogens is 350 g/mol. The molecule has 2 aromatic carbocycles. The van der Waals surface area contributed by atoms with Crippen LogP contribution in [-0.2, 0) is 16.7 Å². The van der Waals surface area contributed by atoms with Crippen LogP contribution in [0.25, 0.3) is 0 Å². The second-order valence-electron chi connectivity index (χ2n) is 7.35. The van der Waals surface area contributed by atoms with Crippen LogP contribution in [0.15, 0.2) is 53.5 Å². The van der Waals surface area contributed by atoms with E-state index in [4.69, 9.17) is 9.47 Å². The van der Waals surface area contributed by atoms with Gasteiger partial charge >= 0.3 is 0 Å². The summed E-state index contributed by atoms with van der Waals surface area (Å²) in [5.74, 6) is 1.69. The molecule has 150 valence electrons. The maximum atomic E-state index is 5.63. The zero-order valence-electron chi connectivity index (χ0n) is 17.1. The van der Waals surface area contributed by atoms with Crippen LogP contribution in [0.2, 0.25) is 0 Å². The lowest BCUT2D eigenvalue weighted by Crippen LogP contribution is -2.47. The summed E-state index contributed by atoms with van der Waals surface area (Å²) < 4.78 is 11.1. The van der Waals surface area contributed by atoms with Crippen LogP contribution in [0.1, 0.15) is 29.5 Å².